The van der Waals surface area contributed by atoms with E-state index in [9.17, 15) is 14.7 Å². The molecule has 152 valence electrons. The summed E-state index contributed by atoms with van der Waals surface area (Å²) in [6.07, 6.45) is -0.598. The van der Waals surface area contributed by atoms with Crippen LogP contribution in [0.3, 0.4) is 0 Å². The number of hydrogen-bond donors (Lipinski definition) is 3. The molecule has 0 aliphatic rings. The van der Waals surface area contributed by atoms with Gasteiger partial charge in [-0.1, -0.05) is 66.7 Å². The molecule has 6 nitrogen and oxygen atoms in total. The van der Waals surface area contributed by atoms with Crippen LogP contribution < -0.4 is 5.69 Å². The summed E-state index contributed by atoms with van der Waals surface area (Å²) in [6.45, 7) is 0.605. The molecule has 3 aromatic carbocycles. The van der Waals surface area contributed by atoms with Crippen molar-refractivity contribution in [2.24, 2.45) is 0 Å². The minimum Gasteiger partial charge on any atom is -0.387 e. The van der Waals surface area contributed by atoms with E-state index in [-0.39, 0.29) is 24.6 Å². The summed E-state index contributed by atoms with van der Waals surface area (Å²) in [5.74, 6) is -0.0916. The Hall–Kier alpha value is -3.64. The molecule has 1 amide bonds. The van der Waals surface area contributed by atoms with Gasteiger partial charge in [0, 0.05) is 6.54 Å². The lowest BCUT2D eigenvalue weighted by atomic mass is 10.1. The highest BCUT2D eigenvalue weighted by Crippen LogP contribution is 2.18. The second-order valence-electron chi connectivity index (χ2n) is 7.32. The average Bonchev–Trinajstić information content (AvgIpc) is 3.14. The fraction of sp³-hybridized carbons (Fsp3) is 0.167. The molecule has 4 aromatic rings. The minimum atomic E-state index is -0.776. The standard InChI is InChI=1S/C24H23N3O3/c28-22(19-9-5-2-6-10-19)16-27(15-17-7-3-1-4-8-17)23(29)14-18-11-12-20-21(13-18)26-24(30)25-20/h1-13,22,28H,14-16H2,(H2,25,26,30). The molecule has 4 rings (SSSR count). The molecule has 0 saturated carbocycles. The van der Waals surface area contributed by atoms with Crippen molar-refractivity contribution in [2.75, 3.05) is 6.54 Å². The maximum absolute atomic E-state index is 13.2. The SMILES string of the molecule is O=C(Cc1ccc2[nH]c(=O)[nH]c2c1)N(Cc1ccccc1)CC(O)c1ccccc1. The van der Waals surface area contributed by atoms with Crippen LogP contribution in [0.5, 0.6) is 0 Å². The van der Waals surface area contributed by atoms with Crippen molar-refractivity contribution in [3.8, 4) is 0 Å². The Morgan fingerprint density at radius 1 is 0.867 bits per heavy atom. The van der Waals surface area contributed by atoms with Gasteiger partial charge >= 0.3 is 5.69 Å². The molecule has 30 heavy (non-hydrogen) atoms. The van der Waals surface area contributed by atoms with Gasteiger partial charge in [0.1, 0.15) is 0 Å². The van der Waals surface area contributed by atoms with Crippen molar-refractivity contribution < 1.29 is 9.90 Å². The fourth-order valence-electron chi connectivity index (χ4n) is 3.52. The van der Waals surface area contributed by atoms with Crippen LogP contribution >= 0.6 is 0 Å². The highest BCUT2D eigenvalue weighted by Gasteiger charge is 2.20. The number of H-pyrrole nitrogens is 2. The summed E-state index contributed by atoms with van der Waals surface area (Å²) in [6, 6.07) is 24.5. The molecule has 1 unspecified atom stereocenters. The molecule has 0 spiro atoms. The molecular formula is C24H23N3O3. The number of aliphatic hydroxyl groups is 1. The van der Waals surface area contributed by atoms with Crippen LogP contribution in [0.15, 0.2) is 83.7 Å². The zero-order chi connectivity index (χ0) is 20.9. The first kappa shape index (κ1) is 19.7. The van der Waals surface area contributed by atoms with E-state index < -0.39 is 6.10 Å². The fourth-order valence-corrected chi connectivity index (χ4v) is 3.52. The van der Waals surface area contributed by atoms with Gasteiger partial charge in [-0.25, -0.2) is 4.79 Å². The van der Waals surface area contributed by atoms with E-state index >= 15 is 0 Å². The van der Waals surface area contributed by atoms with Crippen LogP contribution in [-0.4, -0.2) is 32.4 Å². The number of aliphatic hydroxyl groups excluding tert-OH is 1. The van der Waals surface area contributed by atoms with Gasteiger partial charge in [-0.05, 0) is 28.8 Å². The molecule has 0 fully saturated rings. The van der Waals surface area contributed by atoms with E-state index in [0.717, 1.165) is 16.7 Å². The van der Waals surface area contributed by atoms with Gasteiger partial charge in [0.25, 0.3) is 0 Å². The molecule has 6 heteroatoms. The van der Waals surface area contributed by atoms with Gasteiger partial charge in [0.05, 0.1) is 30.1 Å². The first-order valence-electron chi connectivity index (χ1n) is 9.84. The molecular weight excluding hydrogens is 378 g/mol. The molecule has 1 heterocycles. The normalized spacial score (nSPS) is 12.0. The summed E-state index contributed by atoms with van der Waals surface area (Å²) in [7, 11) is 0. The van der Waals surface area contributed by atoms with Gasteiger partial charge < -0.3 is 20.0 Å². The van der Waals surface area contributed by atoms with Crippen molar-refractivity contribution in [2.45, 2.75) is 19.1 Å². The molecule has 3 N–H and O–H groups in total. The number of benzene rings is 3. The molecule has 0 aliphatic carbocycles. The lowest BCUT2D eigenvalue weighted by Crippen LogP contribution is -2.35. The van der Waals surface area contributed by atoms with Crippen molar-refractivity contribution in [1.82, 2.24) is 14.9 Å². The van der Waals surface area contributed by atoms with Crippen molar-refractivity contribution in [3.05, 3.63) is 106 Å². The third kappa shape index (κ3) is 4.67. The van der Waals surface area contributed by atoms with Gasteiger partial charge in [-0.2, -0.15) is 0 Å². The third-order valence-electron chi connectivity index (χ3n) is 5.08. The van der Waals surface area contributed by atoms with Crippen LogP contribution in [-0.2, 0) is 17.8 Å². The quantitative estimate of drug-likeness (QED) is 0.444. The molecule has 0 bridgehead atoms. The lowest BCUT2D eigenvalue weighted by molar-refractivity contribution is -0.132. The predicted molar refractivity (Wildman–Crippen MR) is 116 cm³/mol. The van der Waals surface area contributed by atoms with Crippen molar-refractivity contribution >= 4 is 16.9 Å². The maximum Gasteiger partial charge on any atom is 0.323 e. The van der Waals surface area contributed by atoms with E-state index in [1.165, 1.54) is 0 Å². The number of hydrogen-bond acceptors (Lipinski definition) is 3. The summed E-state index contributed by atoms with van der Waals surface area (Å²) >= 11 is 0. The Labute approximate surface area is 173 Å². The number of nitrogens with one attached hydrogen (secondary N) is 2. The minimum absolute atomic E-state index is 0.0916. The van der Waals surface area contributed by atoms with Gasteiger partial charge in [0.15, 0.2) is 0 Å². The van der Waals surface area contributed by atoms with Gasteiger partial charge in [-0.3, -0.25) is 4.79 Å². The number of nitrogens with zero attached hydrogens (tertiary/aromatic N) is 1. The molecule has 1 atom stereocenters. The van der Waals surface area contributed by atoms with Crippen molar-refractivity contribution in [3.63, 3.8) is 0 Å². The number of rotatable bonds is 7. The molecule has 0 saturated heterocycles. The number of fused-ring (bicyclic) bond motifs is 1. The lowest BCUT2D eigenvalue weighted by Gasteiger charge is -2.26. The van der Waals surface area contributed by atoms with Gasteiger partial charge in [0.2, 0.25) is 5.91 Å². The highest BCUT2D eigenvalue weighted by molar-refractivity contribution is 5.81. The van der Waals surface area contributed by atoms with Crippen LogP contribution in [0.25, 0.3) is 11.0 Å². The van der Waals surface area contributed by atoms with E-state index in [1.807, 2.05) is 66.7 Å². The first-order chi connectivity index (χ1) is 14.6. The second kappa shape index (κ2) is 8.80. The third-order valence-corrected chi connectivity index (χ3v) is 5.08. The smallest absolute Gasteiger partial charge is 0.323 e. The summed E-state index contributed by atoms with van der Waals surface area (Å²) in [4.78, 5) is 31.7. The van der Waals surface area contributed by atoms with E-state index in [1.54, 1.807) is 17.0 Å². The zero-order valence-electron chi connectivity index (χ0n) is 16.4. The highest BCUT2D eigenvalue weighted by atomic mass is 16.3. The topological polar surface area (TPSA) is 89.2 Å². The van der Waals surface area contributed by atoms with Crippen LogP contribution in [0.4, 0.5) is 0 Å². The average molecular weight is 401 g/mol. The predicted octanol–water partition coefficient (Wildman–Crippen LogP) is 3.16. The van der Waals surface area contributed by atoms with Crippen molar-refractivity contribution in [1.29, 1.82) is 0 Å². The Morgan fingerprint density at radius 3 is 2.27 bits per heavy atom. The van der Waals surface area contributed by atoms with Crippen LogP contribution in [0.1, 0.15) is 22.8 Å². The van der Waals surface area contributed by atoms with E-state index in [0.29, 0.717) is 17.6 Å². The molecule has 0 radical (unpaired) electrons. The number of imidazole rings is 1. The summed E-state index contributed by atoms with van der Waals surface area (Å²) in [5, 5.41) is 10.7. The summed E-state index contributed by atoms with van der Waals surface area (Å²) in [5.41, 5.74) is 3.67. The Morgan fingerprint density at radius 2 is 1.53 bits per heavy atom. The van der Waals surface area contributed by atoms with E-state index in [4.69, 9.17) is 0 Å². The first-order valence-corrected chi connectivity index (χ1v) is 9.84. The number of aromatic nitrogens is 2. The number of carbonyl (C=O) groups excluding carboxylic acids is 1. The number of carbonyl (C=O) groups is 1. The van der Waals surface area contributed by atoms with Crippen LogP contribution in [0.2, 0.25) is 0 Å². The molecule has 1 aromatic heterocycles. The van der Waals surface area contributed by atoms with Gasteiger partial charge in [-0.15, -0.1) is 0 Å². The Bertz CT molecular complexity index is 1180. The zero-order valence-corrected chi connectivity index (χ0v) is 16.4. The number of amides is 1. The second-order valence-corrected chi connectivity index (χ2v) is 7.32. The summed E-state index contributed by atoms with van der Waals surface area (Å²) < 4.78 is 0. The maximum atomic E-state index is 13.2. The van der Waals surface area contributed by atoms with Crippen LogP contribution in [0, 0.1) is 0 Å². The Balaban J connectivity index is 1.55. The largest absolute Gasteiger partial charge is 0.387 e. The number of aromatic amines is 2. The monoisotopic (exact) mass is 401 g/mol. The Kier molecular flexibility index (Phi) is 5.77. The molecule has 0 aliphatic heterocycles. The van der Waals surface area contributed by atoms with E-state index in [2.05, 4.69) is 9.97 Å².